The Morgan fingerprint density at radius 2 is 1.83 bits per heavy atom. The van der Waals surface area contributed by atoms with E-state index in [1.165, 1.54) is 14.2 Å². The highest BCUT2D eigenvalue weighted by Gasteiger charge is 2.14. The standard InChI is InChI=1S/C16H20N2O5/c1-17-14(19)9-8-11-6-4-5-7-12(11)18-13(16(21)23-3)10-15(20)22-2/h4-7,10,18H,8-9H2,1-3H3,(H,17,19)/b13-10+. The van der Waals surface area contributed by atoms with Crippen LogP contribution < -0.4 is 10.6 Å². The number of ether oxygens (including phenoxy) is 2. The Hall–Kier alpha value is -2.83. The van der Waals surface area contributed by atoms with Crippen molar-refractivity contribution in [1.29, 1.82) is 0 Å². The van der Waals surface area contributed by atoms with Crippen LogP contribution in [0.4, 0.5) is 5.69 Å². The minimum absolute atomic E-state index is 0.0493. The summed E-state index contributed by atoms with van der Waals surface area (Å²) in [5.74, 6) is -1.46. The van der Waals surface area contributed by atoms with Gasteiger partial charge < -0.3 is 20.1 Å². The average molecular weight is 320 g/mol. The van der Waals surface area contributed by atoms with Crippen LogP contribution in [-0.2, 0) is 30.3 Å². The fourth-order valence-corrected chi connectivity index (χ4v) is 1.81. The highest BCUT2D eigenvalue weighted by Crippen LogP contribution is 2.19. The average Bonchev–Trinajstić information content (AvgIpc) is 2.58. The van der Waals surface area contributed by atoms with E-state index in [1.807, 2.05) is 12.1 Å². The van der Waals surface area contributed by atoms with Gasteiger partial charge >= 0.3 is 11.9 Å². The van der Waals surface area contributed by atoms with Gasteiger partial charge in [0, 0.05) is 19.2 Å². The second-order valence-corrected chi connectivity index (χ2v) is 4.53. The van der Waals surface area contributed by atoms with Gasteiger partial charge in [0.1, 0.15) is 5.70 Å². The summed E-state index contributed by atoms with van der Waals surface area (Å²) in [4.78, 5) is 34.5. The molecular formula is C16H20N2O5. The summed E-state index contributed by atoms with van der Waals surface area (Å²) in [5.41, 5.74) is 1.39. The normalized spacial score (nSPS) is 10.7. The molecule has 0 bridgehead atoms. The summed E-state index contributed by atoms with van der Waals surface area (Å²) in [6.07, 6.45) is 1.81. The molecule has 1 amide bonds. The van der Waals surface area contributed by atoms with Gasteiger partial charge in [0.15, 0.2) is 0 Å². The van der Waals surface area contributed by atoms with Gasteiger partial charge in [0.25, 0.3) is 0 Å². The van der Waals surface area contributed by atoms with E-state index in [2.05, 4.69) is 20.1 Å². The van der Waals surface area contributed by atoms with Crippen LogP contribution in [0.25, 0.3) is 0 Å². The first-order valence-corrected chi connectivity index (χ1v) is 6.95. The highest BCUT2D eigenvalue weighted by molar-refractivity contribution is 5.98. The number of aryl methyl sites for hydroxylation is 1. The molecule has 0 radical (unpaired) electrons. The third-order valence-electron chi connectivity index (χ3n) is 3.06. The van der Waals surface area contributed by atoms with Crippen molar-refractivity contribution in [3.05, 3.63) is 41.6 Å². The first-order valence-electron chi connectivity index (χ1n) is 6.95. The Balaban J connectivity index is 3.00. The number of nitrogens with one attached hydrogen (secondary N) is 2. The van der Waals surface area contributed by atoms with E-state index in [1.54, 1.807) is 19.2 Å². The Bertz CT molecular complexity index is 610. The third kappa shape index (κ3) is 5.82. The number of carbonyl (C=O) groups excluding carboxylic acids is 3. The maximum atomic E-state index is 11.8. The molecular weight excluding hydrogens is 300 g/mol. The van der Waals surface area contributed by atoms with Crippen molar-refractivity contribution in [3.63, 3.8) is 0 Å². The maximum absolute atomic E-state index is 11.8. The number of anilines is 1. The molecule has 0 aliphatic rings. The van der Waals surface area contributed by atoms with E-state index in [0.29, 0.717) is 18.5 Å². The number of rotatable bonds is 7. The maximum Gasteiger partial charge on any atom is 0.354 e. The van der Waals surface area contributed by atoms with Crippen molar-refractivity contribution < 1.29 is 23.9 Å². The first-order chi connectivity index (χ1) is 11.0. The van der Waals surface area contributed by atoms with E-state index in [0.717, 1.165) is 11.6 Å². The van der Waals surface area contributed by atoms with Gasteiger partial charge in [0.05, 0.1) is 20.3 Å². The SMILES string of the molecule is CNC(=O)CCc1ccccc1N/C(=C/C(=O)OC)C(=O)OC. The zero-order chi connectivity index (χ0) is 17.2. The molecule has 0 aromatic heterocycles. The summed E-state index contributed by atoms with van der Waals surface area (Å²) in [7, 11) is 4.00. The van der Waals surface area contributed by atoms with Crippen LogP contribution in [0.1, 0.15) is 12.0 Å². The number of esters is 2. The molecule has 1 aromatic carbocycles. The summed E-state index contributed by atoms with van der Waals surface area (Å²) < 4.78 is 9.16. The third-order valence-corrected chi connectivity index (χ3v) is 3.06. The van der Waals surface area contributed by atoms with Crippen LogP contribution in [0.5, 0.6) is 0 Å². The molecule has 23 heavy (non-hydrogen) atoms. The van der Waals surface area contributed by atoms with E-state index >= 15 is 0 Å². The molecule has 0 unspecified atom stereocenters. The van der Waals surface area contributed by atoms with E-state index in [4.69, 9.17) is 0 Å². The number of hydrogen-bond donors (Lipinski definition) is 2. The lowest BCUT2D eigenvalue weighted by molar-refractivity contribution is -0.138. The molecule has 7 nitrogen and oxygen atoms in total. The van der Waals surface area contributed by atoms with E-state index < -0.39 is 11.9 Å². The summed E-state index contributed by atoms with van der Waals surface area (Å²) in [6, 6.07) is 7.18. The second kappa shape index (κ2) is 9.24. The van der Waals surface area contributed by atoms with Crippen molar-refractivity contribution >= 4 is 23.5 Å². The first kappa shape index (κ1) is 18.2. The van der Waals surface area contributed by atoms with Crippen molar-refractivity contribution in [2.45, 2.75) is 12.8 Å². The van der Waals surface area contributed by atoms with Crippen molar-refractivity contribution in [2.75, 3.05) is 26.6 Å². The molecule has 0 saturated carbocycles. The zero-order valence-electron chi connectivity index (χ0n) is 13.3. The Labute approximate surface area is 134 Å². The lowest BCUT2D eigenvalue weighted by Gasteiger charge is -2.13. The van der Waals surface area contributed by atoms with Crippen LogP contribution in [0.3, 0.4) is 0 Å². The topological polar surface area (TPSA) is 93.7 Å². The number of para-hydroxylation sites is 1. The van der Waals surface area contributed by atoms with Gasteiger partial charge in [-0.3, -0.25) is 4.79 Å². The molecule has 0 saturated heterocycles. The minimum atomic E-state index is -0.698. The van der Waals surface area contributed by atoms with Crippen LogP contribution in [0.15, 0.2) is 36.0 Å². The van der Waals surface area contributed by atoms with Gasteiger partial charge in [-0.1, -0.05) is 18.2 Å². The molecule has 0 aliphatic heterocycles. The van der Waals surface area contributed by atoms with E-state index in [-0.39, 0.29) is 11.6 Å². The Kier molecular flexibility index (Phi) is 7.32. The number of carbonyl (C=O) groups is 3. The molecule has 0 spiro atoms. The number of benzene rings is 1. The lowest BCUT2D eigenvalue weighted by Crippen LogP contribution is -2.19. The monoisotopic (exact) mass is 320 g/mol. The fraction of sp³-hybridized carbons (Fsp3) is 0.312. The largest absolute Gasteiger partial charge is 0.466 e. The van der Waals surface area contributed by atoms with Gasteiger partial charge in [-0.05, 0) is 18.1 Å². The Morgan fingerprint density at radius 3 is 2.43 bits per heavy atom. The number of amides is 1. The summed E-state index contributed by atoms with van der Waals surface area (Å²) >= 11 is 0. The molecule has 124 valence electrons. The van der Waals surface area contributed by atoms with Gasteiger partial charge in [-0.2, -0.15) is 0 Å². The van der Waals surface area contributed by atoms with Crippen LogP contribution in [-0.4, -0.2) is 39.1 Å². The predicted molar refractivity (Wildman–Crippen MR) is 84.6 cm³/mol. The minimum Gasteiger partial charge on any atom is -0.466 e. The molecule has 0 heterocycles. The fourth-order valence-electron chi connectivity index (χ4n) is 1.81. The van der Waals surface area contributed by atoms with Gasteiger partial charge in [-0.25, -0.2) is 9.59 Å². The van der Waals surface area contributed by atoms with Crippen LogP contribution >= 0.6 is 0 Å². The van der Waals surface area contributed by atoms with Gasteiger partial charge in [-0.15, -0.1) is 0 Å². The van der Waals surface area contributed by atoms with Gasteiger partial charge in [0.2, 0.25) is 5.91 Å². The number of methoxy groups -OCH3 is 2. The Morgan fingerprint density at radius 1 is 1.13 bits per heavy atom. The summed E-state index contributed by atoms with van der Waals surface area (Å²) in [5, 5.41) is 5.41. The highest BCUT2D eigenvalue weighted by atomic mass is 16.5. The molecule has 0 aliphatic carbocycles. The molecule has 1 aromatic rings. The van der Waals surface area contributed by atoms with Crippen molar-refractivity contribution in [1.82, 2.24) is 5.32 Å². The second-order valence-electron chi connectivity index (χ2n) is 4.53. The number of hydrogen-bond acceptors (Lipinski definition) is 6. The molecule has 7 heteroatoms. The predicted octanol–water partition coefficient (Wildman–Crippen LogP) is 1.01. The lowest BCUT2D eigenvalue weighted by atomic mass is 10.1. The zero-order valence-corrected chi connectivity index (χ0v) is 13.3. The molecule has 0 atom stereocenters. The van der Waals surface area contributed by atoms with E-state index in [9.17, 15) is 14.4 Å². The quantitative estimate of drug-likeness (QED) is 0.575. The van der Waals surface area contributed by atoms with Crippen molar-refractivity contribution in [3.8, 4) is 0 Å². The van der Waals surface area contributed by atoms with Crippen molar-refractivity contribution in [2.24, 2.45) is 0 Å². The van der Waals surface area contributed by atoms with Crippen LogP contribution in [0.2, 0.25) is 0 Å². The molecule has 1 rings (SSSR count). The summed E-state index contributed by atoms with van der Waals surface area (Å²) in [6.45, 7) is 0. The molecule has 2 N–H and O–H groups in total. The van der Waals surface area contributed by atoms with Crippen LogP contribution in [0, 0.1) is 0 Å². The molecule has 0 fully saturated rings. The smallest absolute Gasteiger partial charge is 0.354 e.